The first-order valence-corrected chi connectivity index (χ1v) is 13.9. The van der Waals surface area contributed by atoms with Crippen molar-refractivity contribution in [3.8, 4) is 22.4 Å². The van der Waals surface area contributed by atoms with Crippen LogP contribution in [0.2, 0.25) is 0 Å². The maximum atomic E-state index is 13.4. The van der Waals surface area contributed by atoms with E-state index in [1.807, 2.05) is 63.4 Å². The fourth-order valence-corrected chi connectivity index (χ4v) is 4.51. The Hall–Kier alpha value is -3.32. The molecule has 0 atom stereocenters. The highest BCUT2D eigenvalue weighted by molar-refractivity contribution is 5.85. The maximum absolute atomic E-state index is 13.4. The van der Waals surface area contributed by atoms with Gasteiger partial charge in [-0.1, -0.05) is 70.2 Å². The molecule has 4 nitrogen and oxygen atoms in total. The maximum Gasteiger partial charge on any atom is 0.123 e. The van der Waals surface area contributed by atoms with Gasteiger partial charge in [0.2, 0.25) is 0 Å². The Morgan fingerprint density at radius 2 is 1.25 bits per heavy atom. The molecule has 0 radical (unpaired) electrons. The average Bonchev–Trinajstić information content (AvgIpc) is 3.28. The molecule has 0 bridgehead atoms. The Kier molecular flexibility index (Phi) is 16.4. The number of rotatable bonds is 7. The number of nitrogens with one attached hydrogen (secondary N) is 1. The molecule has 40 heavy (non-hydrogen) atoms. The van der Waals surface area contributed by atoms with Gasteiger partial charge in [-0.25, -0.2) is 8.78 Å². The van der Waals surface area contributed by atoms with Gasteiger partial charge >= 0.3 is 0 Å². The molecule has 0 aliphatic heterocycles. The third-order valence-corrected chi connectivity index (χ3v) is 5.99. The van der Waals surface area contributed by atoms with Crippen LogP contribution in [0.15, 0.2) is 78.9 Å². The minimum absolute atomic E-state index is 0.125. The predicted octanol–water partition coefficient (Wildman–Crippen LogP) is 7.96. The molecule has 4 rings (SSSR count). The highest BCUT2D eigenvalue weighted by Gasteiger charge is 2.23. The third-order valence-electron chi connectivity index (χ3n) is 5.99. The zero-order valence-corrected chi connectivity index (χ0v) is 25.0. The summed E-state index contributed by atoms with van der Waals surface area (Å²) >= 11 is 0. The first kappa shape index (κ1) is 34.7. The summed E-state index contributed by atoms with van der Waals surface area (Å²) in [5, 5.41) is 18.3. The van der Waals surface area contributed by atoms with Crippen molar-refractivity contribution in [2.24, 2.45) is 0 Å². The van der Waals surface area contributed by atoms with Gasteiger partial charge in [0, 0.05) is 24.3 Å². The SMILES string of the molecule is CC.CCn1c(-c2ccc(F)cc2)c(-c2ccc(F)cc2)c(C)c1C(C)C.CNCc1ccccc1.OCCO. The summed E-state index contributed by atoms with van der Waals surface area (Å²) < 4.78 is 29.1. The van der Waals surface area contributed by atoms with Crippen LogP contribution in [0.4, 0.5) is 8.78 Å². The molecule has 6 heteroatoms. The van der Waals surface area contributed by atoms with Crippen molar-refractivity contribution in [2.75, 3.05) is 20.3 Å². The fourth-order valence-electron chi connectivity index (χ4n) is 4.51. The summed E-state index contributed by atoms with van der Waals surface area (Å²) in [7, 11) is 1.95. The molecule has 0 fully saturated rings. The lowest BCUT2D eigenvalue weighted by Crippen LogP contribution is -2.05. The van der Waals surface area contributed by atoms with Crippen molar-refractivity contribution in [3.05, 3.63) is 107 Å². The number of hydrogen-bond donors (Lipinski definition) is 3. The van der Waals surface area contributed by atoms with Gasteiger partial charge in [-0.3, -0.25) is 0 Å². The molecule has 0 aliphatic rings. The van der Waals surface area contributed by atoms with Gasteiger partial charge in [-0.15, -0.1) is 0 Å². The number of hydrogen-bond acceptors (Lipinski definition) is 3. The molecule has 0 saturated heterocycles. The van der Waals surface area contributed by atoms with Gasteiger partial charge in [-0.05, 0) is 85.5 Å². The molecule has 4 aromatic rings. The Morgan fingerprint density at radius 3 is 1.65 bits per heavy atom. The lowest BCUT2D eigenvalue weighted by Gasteiger charge is -2.15. The smallest absolute Gasteiger partial charge is 0.123 e. The van der Waals surface area contributed by atoms with Crippen LogP contribution in [0.1, 0.15) is 57.4 Å². The first-order valence-electron chi connectivity index (χ1n) is 13.9. The number of aliphatic hydroxyl groups excluding tert-OH is 2. The molecule has 0 saturated carbocycles. The van der Waals surface area contributed by atoms with E-state index in [-0.39, 0.29) is 24.8 Å². The molecular formula is C34H46F2N2O2. The van der Waals surface area contributed by atoms with E-state index in [9.17, 15) is 8.78 Å². The van der Waals surface area contributed by atoms with E-state index in [2.05, 4.69) is 49.7 Å². The van der Waals surface area contributed by atoms with Crippen molar-refractivity contribution in [1.29, 1.82) is 0 Å². The largest absolute Gasteiger partial charge is 0.394 e. The lowest BCUT2D eigenvalue weighted by molar-refractivity contribution is 0.186. The number of benzene rings is 3. The highest BCUT2D eigenvalue weighted by Crippen LogP contribution is 2.41. The molecule has 0 aliphatic carbocycles. The Bertz CT molecular complexity index is 1220. The van der Waals surface area contributed by atoms with Crippen LogP contribution in [0.25, 0.3) is 22.4 Å². The van der Waals surface area contributed by atoms with E-state index in [0.29, 0.717) is 5.92 Å². The lowest BCUT2D eigenvalue weighted by atomic mass is 9.96. The van der Waals surface area contributed by atoms with Crippen molar-refractivity contribution >= 4 is 0 Å². The van der Waals surface area contributed by atoms with Crippen molar-refractivity contribution in [1.82, 2.24) is 9.88 Å². The third kappa shape index (κ3) is 10.0. The minimum Gasteiger partial charge on any atom is -0.394 e. The molecule has 0 unspecified atom stereocenters. The van der Waals surface area contributed by atoms with Crippen LogP contribution < -0.4 is 5.32 Å². The van der Waals surface area contributed by atoms with Crippen molar-refractivity contribution in [3.63, 3.8) is 0 Å². The average molecular weight is 553 g/mol. The first-order chi connectivity index (χ1) is 19.3. The van der Waals surface area contributed by atoms with Crippen molar-refractivity contribution in [2.45, 2.75) is 60.5 Å². The fraction of sp³-hybridized carbons (Fsp3) is 0.353. The molecule has 1 heterocycles. The van der Waals surface area contributed by atoms with Gasteiger partial charge < -0.3 is 20.1 Å². The topological polar surface area (TPSA) is 57.4 Å². The van der Waals surface area contributed by atoms with E-state index in [1.165, 1.54) is 41.1 Å². The van der Waals surface area contributed by atoms with Crippen LogP contribution in [0.5, 0.6) is 0 Å². The molecule has 0 spiro atoms. The van der Waals surface area contributed by atoms with Crippen LogP contribution in [-0.2, 0) is 13.1 Å². The van der Waals surface area contributed by atoms with E-state index in [1.54, 1.807) is 0 Å². The monoisotopic (exact) mass is 552 g/mol. The van der Waals surface area contributed by atoms with Crippen LogP contribution in [0, 0.1) is 18.6 Å². The second-order valence-corrected chi connectivity index (χ2v) is 9.11. The van der Waals surface area contributed by atoms with Gasteiger partial charge in [0.1, 0.15) is 11.6 Å². The Labute approximate surface area is 239 Å². The molecular weight excluding hydrogens is 506 g/mol. The van der Waals surface area contributed by atoms with Crippen LogP contribution in [-0.4, -0.2) is 35.0 Å². The summed E-state index contributed by atoms with van der Waals surface area (Å²) in [5.41, 5.74) is 7.90. The second-order valence-electron chi connectivity index (χ2n) is 9.11. The van der Waals surface area contributed by atoms with E-state index in [4.69, 9.17) is 10.2 Å². The molecule has 0 amide bonds. The quantitative estimate of drug-likeness (QED) is 0.218. The van der Waals surface area contributed by atoms with Gasteiger partial charge in [0.15, 0.2) is 0 Å². The van der Waals surface area contributed by atoms with Crippen LogP contribution >= 0.6 is 0 Å². The number of aromatic nitrogens is 1. The number of aliphatic hydroxyl groups is 2. The molecule has 218 valence electrons. The number of halogens is 2. The summed E-state index contributed by atoms with van der Waals surface area (Å²) in [4.78, 5) is 0. The molecule has 3 aromatic carbocycles. The summed E-state index contributed by atoms with van der Waals surface area (Å²) in [6, 6.07) is 23.5. The second kappa shape index (κ2) is 18.9. The summed E-state index contributed by atoms with van der Waals surface area (Å²) in [6.45, 7) is 14.1. The van der Waals surface area contributed by atoms with Gasteiger partial charge in [0.05, 0.1) is 18.9 Å². The summed E-state index contributed by atoms with van der Waals surface area (Å²) in [6.07, 6.45) is 0. The standard InChI is InChI=1S/C22H23F2N.C8H11N.C2H6O2.C2H6/c1-5-25-21(14(2)3)15(4)20(16-6-10-18(23)11-7-16)22(25)17-8-12-19(24)13-9-17;1-9-7-8-5-3-2-4-6-8;3-1-2-4;1-2/h6-14H,5H2,1-4H3;2-6,9H,7H2,1H3;3-4H,1-2H2;1-2H3. The Balaban J connectivity index is 0.000000440. The minimum atomic E-state index is -0.248. The highest BCUT2D eigenvalue weighted by atomic mass is 19.1. The van der Waals surface area contributed by atoms with E-state index < -0.39 is 0 Å². The normalized spacial score (nSPS) is 10.1. The molecule has 3 N–H and O–H groups in total. The van der Waals surface area contributed by atoms with Gasteiger partial charge in [-0.2, -0.15) is 0 Å². The Morgan fingerprint density at radius 1 is 0.775 bits per heavy atom. The van der Waals surface area contributed by atoms with Crippen molar-refractivity contribution < 1.29 is 19.0 Å². The number of nitrogens with zero attached hydrogens (tertiary/aromatic N) is 1. The predicted molar refractivity (Wildman–Crippen MR) is 164 cm³/mol. The zero-order chi connectivity index (χ0) is 30.1. The molecule has 1 aromatic heterocycles. The summed E-state index contributed by atoms with van der Waals surface area (Å²) in [5.74, 6) is -0.139. The van der Waals surface area contributed by atoms with Crippen LogP contribution in [0.3, 0.4) is 0 Å². The van der Waals surface area contributed by atoms with E-state index in [0.717, 1.165) is 35.5 Å². The van der Waals surface area contributed by atoms with Gasteiger partial charge in [0.25, 0.3) is 0 Å². The zero-order valence-electron chi connectivity index (χ0n) is 25.0. The van der Waals surface area contributed by atoms with E-state index >= 15 is 0 Å².